The molecule has 0 aromatic rings. The van der Waals surface area contributed by atoms with Gasteiger partial charge in [0.15, 0.2) is 0 Å². The van der Waals surface area contributed by atoms with E-state index in [2.05, 4.69) is 0 Å². The summed E-state index contributed by atoms with van der Waals surface area (Å²) in [6, 6.07) is 0. The number of hydrogen-bond acceptors (Lipinski definition) is 4. The third-order valence-electron chi connectivity index (χ3n) is 1.73. The third kappa shape index (κ3) is 10.1. The first-order valence-electron chi connectivity index (χ1n) is 5.55. The predicted molar refractivity (Wildman–Crippen MR) is 59.0 cm³/mol. The molecule has 4 nitrogen and oxygen atoms in total. The highest BCUT2D eigenvalue weighted by Crippen LogP contribution is 2.00. The average molecular weight is 220 g/mol. The summed E-state index contributed by atoms with van der Waals surface area (Å²) in [5, 5.41) is 8.98. The molecule has 3 atom stereocenters. The zero-order valence-corrected chi connectivity index (χ0v) is 10.2. The molecule has 0 rings (SSSR count). The lowest BCUT2D eigenvalue weighted by Gasteiger charge is -2.19. The van der Waals surface area contributed by atoms with E-state index in [1.165, 1.54) is 0 Å². The van der Waals surface area contributed by atoms with Crippen molar-refractivity contribution >= 4 is 0 Å². The van der Waals surface area contributed by atoms with E-state index in [1.54, 1.807) is 6.92 Å². The number of ether oxygens (including phenoxy) is 3. The lowest BCUT2D eigenvalue weighted by atomic mass is 10.4. The third-order valence-corrected chi connectivity index (χ3v) is 1.73. The molecule has 0 heterocycles. The molecule has 0 fully saturated rings. The summed E-state index contributed by atoms with van der Waals surface area (Å²) in [4.78, 5) is 0. The van der Waals surface area contributed by atoms with Crippen molar-refractivity contribution in [3.05, 3.63) is 0 Å². The Balaban J connectivity index is 3.42. The molecule has 0 aromatic carbocycles. The van der Waals surface area contributed by atoms with Crippen LogP contribution in [0, 0.1) is 0 Å². The molecule has 0 bridgehead atoms. The minimum atomic E-state index is -0.418. The maximum atomic E-state index is 8.98. The van der Waals surface area contributed by atoms with Crippen molar-refractivity contribution in [1.29, 1.82) is 0 Å². The summed E-state index contributed by atoms with van der Waals surface area (Å²) in [6.07, 6.45) is -0.313. The van der Waals surface area contributed by atoms with Gasteiger partial charge in [0.2, 0.25) is 0 Å². The van der Waals surface area contributed by atoms with Crippen LogP contribution in [0.25, 0.3) is 0 Å². The van der Waals surface area contributed by atoms with Crippen molar-refractivity contribution in [2.45, 2.75) is 46.0 Å². The molecule has 4 heteroatoms. The van der Waals surface area contributed by atoms with Crippen LogP contribution in [0.3, 0.4) is 0 Å². The highest BCUT2D eigenvalue weighted by atomic mass is 16.6. The van der Waals surface area contributed by atoms with E-state index in [1.807, 2.05) is 20.8 Å². The van der Waals surface area contributed by atoms with Gasteiger partial charge in [0.25, 0.3) is 0 Å². The molecule has 0 aromatic heterocycles. The van der Waals surface area contributed by atoms with Crippen LogP contribution >= 0.6 is 0 Å². The van der Waals surface area contributed by atoms with Gasteiger partial charge in [-0.05, 0) is 27.7 Å². The summed E-state index contributed by atoms with van der Waals surface area (Å²) >= 11 is 0. The van der Waals surface area contributed by atoms with Crippen LogP contribution in [0.15, 0.2) is 0 Å². The fraction of sp³-hybridized carbons (Fsp3) is 1.00. The normalized spacial score (nSPS) is 17.4. The highest BCUT2D eigenvalue weighted by molar-refractivity contribution is 4.54. The highest BCUT2D eigenvalue weighted by Gasteiger charge is 2.09. The maximum Gasteiger partial charge on any atom is 0.0785 e. The molecule has 0 aliphatic rings. The molecule has 0 aliphatic heterocycles. The van der Waals surface area contributed by atoms with Gasteiger partial charge in [-0.25, -0.2) is 0 Å². The Kier molecular flexibility index (Phi) is 9.00. The summed E-state index contributed by atoms with van der Waals surface area (Å²) in [7, 11) is 0. The Hall–Kier alpha value is -0.160. The van der Waals surface area contributed by atoms with Crippen LogP contribution < -0.4 is 0 Å². The molecule has 0 unspecified atom stereocenters. The van der Waals surface area contributed by atoms with Gasteiger partial charge in [0.05, 0.1) is 38.1 Å². The van der Waals surface area contributed by atoms with Crippen molar-refractivity contribution in [2.75, 3.05) is 26.4 Å². The molecule has 1 N–H and O–H groups in total. The second kappa shape index (κ2) is 9.09. The Bertz CT molecular complexity index is 139. The summed E-state index contributed by atoms with van der Waals surface area (Å²) in [5.41, 5.74) is 0. The first-order valence-corrected chi connectivity index (χ1v) is 5.55. The van der Waals surface area contributed by atoms with Crippen LogP contribution in [0.5, 0.6) is 0 Å². The Labute approximate surface area is 92.5 Å². The lowest BCUT2D eigenvalue weighted by molar-refractivity contribution is -0.0768. The quantitative estimate of drug-likeness (QED) is 0.634. The molecule has 0 saturated carbocycles. The number of hydrogen-bond donors (Lipinski definition) is 1. The monoisotopic (exact) mass is 220 g/mol. The molecular formula is C11H24O4. The Morgan fingerprint density at radius 3 is 1.93 bits per heavy atom. The topological polar surface area (TPSA) is 47.9 Å². The minimum absolute atomic E-state index is 0.0270. The van der Waals surface area contributed by atoms with E-state index in [-0.39, 0.29) is 12.2 Å². The predicted octanol–water partition coefficient (Wildman–Crippen LogP) is 1.21. The van der Waals surface area contributed by atoms with Gasteiger partial charge in [-0.3, -0.25) is 0 Å². The molecule has 0 amide bonds. The van der Waals surface area contributed by atoms with Crippen molar-refractivity contribution < 1.29 is 19.3 Å². The Morgan fingerprint density at radius 2 is 1.47 bits per heavy atom. The summed E-state index contributed by atoms with van der Waals surface area (Å²) < 4.78 is 16.1. The van der Waals surface area contributed by atoms with Gasteiger partial charge in [0.1, 0.15) is 0 Å². The molecule has 15 heavy (non-hydrogen) atoms. The second-order valence-corrected chi connectivity index (χ2v) is 3.80. The molecule has 0 saturated heterocycles. The molecule has 0 radical (unpaired) electrons. The molecular weight excluding hydrogens is 196 g/mol. The van der Waals surface area contributed by atoms with Crippen LogP contribution in [0.1, 0.15) is 27.7 Å². The summed E-state index contributed by atoms with van der Waals surface area (Å²) in [5.74, 6) is 0. The zero-order valence-electron chi connectivity index (χ0n) is 10.2. The SMILES string of the molecule is CCOC[C@H](C)O[C@H](C)COC[C@@H](C)O. The molecule has 0 spiro atoms. The van der Waals surface area contributed by atoms with E-state index in [9.17, 15) is 0 Å². The number of aliphatic hydroxyl groups excluding tert-OH is 1. The fourth-order valence-electron chi connectivity index (χ4n) is 1.16. The first kappa shape index (κ1) is 14.8. The maximum absolute atomic E-state index is 8.98. The van der Waals surface area contributed by atoms with Gasteiger partial charge >= 0.3 is 0 Å². The Morgan fingerprint density at radius 1 is 0.933 bits per heavy atom. The van der Waals surface area contributed by atoms with Crippen molar-refractivity contribution in [3.8, 4) is 0 Å². The van der Waals surface area contributed by atoms with E-state index in [0.717, 1.165) is 0 Å². The van der Waals surface area contributed by atoms with Gasteiger partial charge in [-0.15, -0.1) is 0 Å². The van der Waals surface area contributed by atoms with E-state index >= 15 is 0 Å². The minimum Gasteiger partial charge on any atom is -0.391 e. The zero-order chi connectivity index (χ0) is 11.7. The number of rotatable bonds is 9. The van der Waals surface area contributed by atoms with E-state index < -0.39 is 6.10 Å². The standard InChI is InChI=1S/C11H24O4/c1-5-13-7-10(3)15-11(4)8-14-6-9(2)12/h9-12H,5-8H2,1-4H3/t9-,10+,11-/m1/s1. The first-order chi connectivity index (χ1) is 7.06. The van der Waals surface area contributed by atoms with Crippen LogP contribution in [-0.2, 0) is 14.2 Å². The second-order valence-electron chi connectivity index (χ2n) is 3.80. The van der Waals surface area contributed by atoms with Crippen LogP contribution in [0.2, 0.25) is 0 Å². The van der Waals surface area contributed by atoms with Gasteiger partial charge in [0, 0.05) is 6.61 Å². The van der Waals surface area contributed by atoms with Crippen molar-refractivity contribution in [3.63, 3.8) is 0 Å². The van der Waals surface area contributed by atoms with Crippen molar-refractivity contribution in [2.24, 2.45) is 0 Å². The van der Waals surface area contributed by atoms with Gasteiger partial charge in [-0.1, -0.05) is 0 Å². The van der Waals surface area contributed by atoms with Crippen LogP contribution in [0.4, 0.5) is 0 Å². The number of aliphatic hydroxyl groups is 1. The molecule has 92 valence electrons. The van der Waals surface area contributed by atoms with Crippen molar-refractivity contribution in [1.82, 2.24) is 0 Å². The largest absolute Gasteiger partial charge is 0.391 e. The van der Waals surface area contributed by atoms with E-state index in [4.69, 9.17) is 19.3 Å². The van der Waals surface area contributed by atoms with Gasteiger partial charge in [-0.2, -0.15) is 0 Å². The summed E-state index contributed by atoms with van der Waals surface area (Å²) in [6.45, 7) is 9.75. The molecule has 0 aliphatic carbocycles. The smallest absolute Gasteiger partial charge is 0.0785 e. The van der Waals surface area contributed by atoms with E-state index in [0.29, 0.717) is 26.4 Å². The van der Waals surface area contributed by atoms with Crippen LogP contribution in [-0.4, -0.2) is 49.8 Å². The average Bonchev–Trinajstić information content (AvgIpc) is 2.14. The van der Waals surface area contributed by atoms with Gasteiger partial charge < -0.3 is 19.3 Å². The lowest BCUT2D eigenvalue weighted by Crippen LogP contribution is -2.26. The fourth-order valence-corrected chi connectivity index (χ4v) is 1.16.